The minimum atomic E-state index is -3.12. The standard InChI is InChI=1S/C14H24N2O2S/c1-4-9-19(17,18)14-7-5-13(6-8-14)16(3)11-12(2)10-15/h5-8,12H,4,9-11,15H2,1-3H3. The zero-order valence-electron chi connectivity index (χ0n) is 12.0. The summed E-state index contributed by atoms with van der Waals surface area (Å²) in [6.07, 6.45) is 0.637. The van der Waals surface area contributed by atoms with Crippen LogP contribution in [0.4, 0.5) is 5.69 Å². The van der Waals surface area contributed by atoms with E-state index in [1.807, 2.05) is 26.1 Å². The van der Waals surface area contributed by atoms with E-state index >= 15 is 0 Å². The summed E-state index contributed by atoms with van der Waals surface area (Å²) in [5.74, 6) is 0.611. The molecule has 108 valence electrons. The van der Waals surface area contributed by atoms with Crippen molar-refractivity contribution in [1.82, 2.24) is 0 Å². The molecule has 0 radical (unpaired) electrons. The topological polar surface area (TPSA) is 63.4 Å². The first-order chi connectivity index (χ1) is 8.90. The average molecular weight is 284 g/mol. The molecule has 5 heteroatoms. The molecule has 0 saturated carbocycles. The highest BCUT2D eigenvalue weighted by Crippen LogP contribution is 2.19. The smallest absolute Gasteiger partial charge is 0.178 e. The van der Waals surface area contributed by atoms with Crippen LogP contribution in [0.25, 0.3) is 0 Å². The summed E-state index contributed by atoms with van der Waals surface area (Å²) in [4.78, 5) is 2.49. The average Bonchev–Trinajstić information content (AvgIpc) is 2.38. The molecule has 1 atom stereocenters. The number of rotatable bonds is 7. The van der Waals surface area contributed by atoms with Crippen molar-refractivity contribution in [2.24, 2.45) is 11.7 Å². The molecule has 0 amide bonds. The number of sulfone groups is 1. The Kier molecular flexibility index (Phi) is 5.82. The molecule has 19 heavy (non-hydrogen) atoms. The second-order valence-corrected chi connectivity index (χ2v) is 7.14. The Hall–Kier alpha value is -1.07. The zero-order chi connectivity index (χ0) is 14.5. The summed E-state index contributed by atoms with van der Waals surface area (Å²) < 4.78 is 23.8. The van der Waals surface area contributed by atoms with Gasteiger partial charge in [0, 0.05) is 19.3 Å². The van der Waals surface area contributed by atoms with E-state index in [4.69, 9.17) is 5.73 Å². The number of benzene rings is 1. The summed E-state index contributed by atoms with van der Waals surface area (Å²) in [5, 5.41) is 0. The lowest BCUT2D eigenvalue weighted by Gasteiger charge is -2.22. The van der Waals surface area contributed by atoms with Crippen LogP contribution in [-0.2, 0) is 9.84 Å². The highest BCUT2D eigenvalue weighted by Gasteiger charge is 2.13. The van der Waals surface area contributed by atoms with Crippen LogP contribution in [0.2, 0.25) is 0 Å². The molecule has 2 N–H and O–H groups in total. The van der Waals surface area contributed by atoms with Gasteiger partial charge in [-0.1, -0.05) is 13.8 Å². The third-order valence-corrected chi connectivity index (χ3v) is 5.03. The van der Waals surface area contributed by atoms with Crippen molar-refractivity contribution in [3.63, 3.8) is 0 Å². The molecule has 1 aromatic carbocycles. The number of nitrogens with two attached hydrogens (primary N) is 1. The van der Waals surface area contributed by atoms with Gasteiger partial charge in [-0.25, -0.2) is 8.42 Å². The van der Waals surface area contributed by atoms with Crippen molar-refractivity contribution in [3.05, 3.63) is 24.3 Å². The van der Waals surface area contributed by atoms with Gasteiger partial charge in [0.1, 0.15) is 0 Å². The van der Waals surface area contributed by atoms with E-state index in [0.29, 0.717) is 23.8 Å². The molecule has 1 unspecified atom stereocenters. The molecule has 0 spiro atoms. The summed E-state index contributed by atoms with van der Waals surface area (Å²) in [6, 6.07) is 7.07. The molecule has 0 aliphatic rings. The number of hydrogen-bond donors (Lipinski definition) is 1. The van der Waals surface area contributed by atoms with E-state index in [0.717, 1.165) is 12.2 Å². The molecule has 0 heterocycles. The lowest BCUT2D eigenvalue weighted by Crippen LogP contribution is -2.28. The van der Waals surface area contributed by atoms with Gasteiger partial charge < -0.3 is 10.6 Å². The van der Waals surface area contributed by atoms with Gasteiger partial charge in [-0.05, 0) is 43.1 Å². The van der Waals surface area contributed by atoms with Crippen molar-refractivity contribution in [1.29, 1.82) is 0 Å². The van der Waals surface area contributed by atoms with E-state index in [1.165, 1.54) is 0 Å². The fourth-order valence-electron chi connectivity index (χ4n) is 1.94. The molecule has 1 aromatic rings. The van der Waals surface area contributed by atoms with Crippen molar-refractivity contribution >= 4 is 15.5 Å². The fraction of sp³-hybridized carbons (Fsp3) is 0.571. The second kappa shape index (κ2) is 6.91. The first kappa shape index (κ1) is 16.0. The summed E-state index contributed by atoms with van der Waals surface area (Å²) >= 11 is 0. The van der Waals surface area contributed by atoms with E-state index in [1.54, 1.807) is 12.1 Å². The third kappa shape index (κ3) is 4.51. The highest BCUT2D eigenvalue weighted by atomic mass is 32.2. The quantitative estimate of drug-likeness (QED) is 0.830. The highest BCUT2D eigenvalue weighted by molar-refractivity contribution is 7.91. The van der Waals surface area contributed by atoms with Crippen molar-refractivity contribution in [3.8, 4) is 0 Å². The number of hydrogen-bond acceptors (Lipinski definition) is 4. The largest absolute Gasteiger partial charge is 0.374 e. The van der Waals surface area contributed by atoms with Crippen LogP contribution >= 0.6 is 0 Å². The summed E-state index contributed by atoms with van der Waals surface area (Å²) in [6.45, 7) is 5.47. The monoisotopic (exact) mass is 284 g/mol. The van der Waals surface area contributed by atoms with Gasteiger partial charge >= 0.3 is 0 Å². The Morgan fingerprint density at radius 2 is 1.84 bits per heavy atom. The van der Waals surface area contributed by atoms with Crippen LogP contribution in [0.15, 0.2) is 29.2 Å². The number of nitrogens with zero attached hydrogens (tertiary/aromatic N) is 1. The van der Waals surface area contributed by atoms with Gasteiger partial charge in [-0.2, -0.15) is 0 Å². The molecule has 0 saturated heterocycles. The molecular formula is C14H24N2O2S. The van der Waals surface area contributed by atoms with E-state index in [9.17, 15) is 8.42 Å². The first-order valence-corrected chi connectivity index (χ1v) is 8.30. The molecule has 1 rings (SSSR count). The maximum atomic E-state index is 11.9. The van der Waals surface area contributed by atoms with Gasteiger partial charge in [0.2, 0.25) is 0 Å². The molecule has 0 aliphatic carbocycles. The molecule has 0 bridgehead atoms. The minimum absolute atomic E-state index is 0.201. The molecule has 0 fully saturated rings. The van der Waals surface area contributed by atoms with Crippen LogP contribution in [0, 0.1) is 5.92 Å². The number of anilines is 1. The fourth-order valence-corrected chi connectivity index (χ4v) is 3.27. The van der Waals surface area contributed by atoms with Crippen molar-refractivity contribution in [2.75, 3.05) is 30.8 Å². The molecule has 0 aliphatic heterocycles. The maximum Gasteiger partial charge on any atom is 0.178 e. The first-order valence-electron chi connectivity index (χ1n) is 6.64. The Morgan fingerprint density at radius 1 is 1.26 bits per heavy atom. The van der Waals surface area contributed by atoms with Crippen LogP contribution in [-0.4, -0.2) is 34.3 Å². The van der Waals surface area contributed by atoms with E-state index in [-0.39, 0.29) is 5.75 Å². The molecule has 4 nitrogen and oxygen atoms in total. The second-order valence-electron chi connectivity index (χ2n) is 5.03. The normalized spacial score (nSPS) is 13.3. The Labute approximate surface area is 116 Å². The zero-order valence-corrected chi connectivity index (χ0v) is 12.8. The van der Waals surface area contributed by atoms with Crippen LogP contribution in [0.5, 0.6) is 0 Å². The predicted octanol–water partition coefficient (Wildman–Crippen LogP) is 1.90. The third-order valence-electron chi connectivity index (χ3n) is 3.10. The van der Waals surface area contributed by atoms with Crippen LogP contribution < -0.4 is 10.6 Å². The lowest BCUT2D eigenvalue weighted by atomic mass is 10.1. The van der Waals surface area contributed by atoms with Crippen molar-refractivity contribution in [2.45, 2.75) is 25.2 Å². The Balaban J connectivity index is 2.82. The Bertz CT molecular complexity index is 483. The van der Waals surface area contributed by atoms with Crippen LogP contribution in [0.1, 0.15) is 20.3 Å². The Morgan fingerprint density at radius 3 is 2.32 bits per heavy atom. The minimum Gasteiger partial charge on any atom is -0.374 e. The lowest BCUT2D eigenvalue weighted by molar-refractivity contribution is 0.589. The molecule has 0 aromatic heterocycles. The van der Waals surface area contributed by atoms with E-state index < -0.39 is 9.84 Å². The van der Waals surface area contributed by atoms with Crippen LogP contribution in [0.3, 0.4) is 0 Å². The summed E-state index contributed by atoms with van der Waals surface area (Å²) in [7, 11) is -1.13. The van der Waals surface area contributed by atoms with E-state index in [2.05, 4.69) is 11.8 Å². The molecular weight excluding hydrogens is 260 g/mol. The maximum absolute atomic E-state index is 11.9. The van der Waals surface area contributed by atoms with Gasteiger partial charge in [0.05, 0.1) is 10.6 Å². The van der Waals surface area contributed by atoms with Gasteiger partial charge in [-0.15, -0.1) is 0 Å². The summed E-state index contributed by atoms with van der Waals surface area (Å²) in [5.41, 5.74) is 6.62. The van der Waals surface area contributed by atoms with Gasteiger partial charge in [0.25, 0.3) is 0 Å². The van der Waals surface area contributed by atoms with Gasteiger partial charge in [0.15, 0.2) is 9.84 Å². The van der Waals surface area contributed by atoms with Gasteiger partial charge in [-0.3, -0.25) is 0 Å². The SMILES string of the molecule is CCCS(=O)(=O)c1ccc(N(C)CC(C)CN)cc1. The van der Waals surface area contributed by atoms with Crippen molar-refractivity contribution < 1.29 is 8.42 Å². The predicted molar refractivity (Wildman–Crippen MR) is 80.3 cm³/mol.